The second-order valence-corrected chi connectivity index (χ2v) is 5.08. The van der Waals surface area contributed by atoms with E-state index in [1.807, 2.05) is 0 Å². The minimum absolute atomic E-state index is 0.385. The number of hydrogen-bond donors (Lipinski definition) is 0. The molecular formula is C10H11O6P. The summed E-state index contributed by atoms with van der Waals surface area (Å²) >= 11 is 0. The first-order chi connectivity index (χ1) is 8.09. The summed E-state index contributed by atoms with van der Waals surface area (Å²) < 4.78 is 31.0. The van der Waals surface area contributed by atoms with Gasteiger partial charge in [0.15, 0.2) is 0 Å². The molecule has 17 heavy (non-hydrogen) atoms. The fourth-order valence-corrected chi connectivity index (χ4v) is 2.18. The van der Waals surface area contributed by atoms with E-state index in [4.69, 9.17) is 9.26 Å². The van der Waals surface area contributed by atoms with Gasteiger partial charge in [0.25, 0.3) is 0 Å². The van der Waals surface area contributed by atoms with Crippen LogP contribution < -0.4 is 0 Å². The first-order valence-corrected chi connectivity index (χ1v) is 6.25. The molecule has 0 saturated carbocycles. The van der Waals surface area contributed by atoms with Crippen LogP contribution in [0.4, 0.5) is 0 Å². The predicted molar refractivity (Wildman–Crippen MR) is 57.3 cm³/mol. The summed E-state index contributed by atoms with van der Waals surface area (Å²) in [6.07, 6.45) is -1.07. The number of phosphoric ester groups is 1. The number of carbonyl (C=O) groups excluding carboxylic acids is 1. The summed E-state index contributed by atoms with van der Waals surface area (Å²) in [7, 11) is -1.31. The van der Waals surface area contributed by atoms with E-state index in [2.05, 4.69) is 9.05 Å². The van der Waals surface area contributed by atoms with Crippen LogP contribution in [-0.2, 0) is 22.9 Å². The average Bonchev–Trinajstić information content (AvgIpc) is 2.67. The zero-order valence-electron chi connectivity index (χ0n) is 9.28. The zero-order chi connectivity index (χ0) is 12.5. The van der Waals surface area contributed by atoms with E-state index < -0.39 is 20.1 Å². The summed E-state index contributed by atoms with van der Waals surface area (Å²) in [6, 6.07) is 6.68. The van der Waals surface area contributed by atoms with Gasteiger partial charge in [-0.2, -0.15) is 0 Å². The highest BCUT2D eigenvalue weighted by Crippen LogP contribution is 2.53. The Morgan fingerprint density at radius 3 is 2.53 bits per heavy atom. The van der Waals surface area contributed by atoms with Crippen LogP contribution >= 0.6 is 7.82 Å². The van der Waals surface area contributed by atoms with Crippen LogP contribution in [0.15, 0.2) is 24.3 Å². The van der Waals surface area contributed by atoms with Gasteiger partial charge in [-0.05, 0) is 6.07 Å². The van der Waals surface area contributed by atoms with E-state index in [0.717, 1.165) is 0 Å². The topological polar surface area (TPSA) is 71.1 Å². The Hall–Kier alpha value is -1.20. The lowest BCUT2D eigenvalue weighted by atomic mass is 10.1. The summed E-state index contributed by atoms with van der Waals surface area (Å²) in [5, 5.41) is 0. The van der Waals surface area contributed by atoms with Gasteiger partial charge in [0, 0.05) is 19.8 Å². The number of hydrogen-bond acceptors (Lipinski definition) is 6. The Kier molecular flexibility index (Phi) is 3.31. The standard InChI is InChI=1S/C10H11O6P/c1-13-17(12,14-2)16-10-8-6-4-3-5-7(8)9(11)15-10/h3-6,10H,1-2H3. The Morgan fingerprint density at radius 1 is 1.24 bits per heavy atom. The molecule has 2 rings (SSSR count). The third-order valence-corrected chi connectivity index (χ3v) is 3.66. The lowest BCUT2D eigenvalue weighted by Gasteiger charge is -2.17. The SMILES string of the molecule is COP(=O)(OC)OC1OC(=O)c2ccccc21. The highest BCUT2D eigenvalue weighted by Gasteiger charge is 2.38. The molecule has 1 aromatic carbocycles. The first kappa shape index (κ1) is 12.3. The largest absolute Gasteiger partial charge is 0.477 e. The molecule has 0 radical (unpaired) electrons. The van der Waals surface area contributed by atoms with Crippen molar-refractivity contribution in [2.45, 2.75) is 6.29 Å². The monoisotopic (exact) mass is 258 g/mol. The summed E-state index contributed by atoms with van der Waals surface area (Å²) in [6.45, 7) is 0. The van der Waals surface area contributed by atoms with Crippen molar-refractivity contribution in [1.29, 1.82) is 0 Å². The van der Waals surface area contributed by atoms with Gasteiger partial charge < -0.3 is 4.74 Å². The van der Waals surface area contributed by atoms with E-state index in [9.17, 15) is 9.36 Å². The third kappa shape index (κ3) is 2.25. The summed E-state index contributed by atoms with van der Waals surface area (Å²) in [4.78, 5) is 11.5. The van der Waals surface area contributed by atoms with Gasteiger partial charge in [0.1, 0.15) is 0 Å². The van der Waals surface area contributed by atoms with Crippen molar-refractivity contribution >= 4 is 13.8 Å². The van der Waals surface area contributed by atoms with E-state index in [1.54, 1.807) is 24.3 Å². The van der Waals surface area contributed by atoms with Gasteiger partial charge in [0.2, 0.25) is 6.29 Å². The minimum atomic E-state index is -3.69. The number of carbonyl (C=O) groups is 1. The maximum absolute atomic E-state index is 11.8. The smallest absolute Gasteiger partial charge is 0.427 e. The molecule has 0 spiro atoms. The van der Waals surface area contributed by atoms with Gasteiger partial charge in [-0.15, -0.1) is 0 Å². The average molecular weight is 258 g/mol. The molecule has 92 valence electrons. The van der Waals surface area contributed by atoms with Crippen molar-refractivity contribution in [3.8, 4) is 0 Å². The third-order valence-electron chi connectivity index (χ3n) is 2.32. The molecule has 1 atom stereocenters. The molecule has 0 fully saturated rings. The molecule has 1 aromatic rings. The number of esters is 1. The van der Waals surface area contributed by atoms with Crippen LogP contribution in [0.1, 0.15) is 22.2 Å². The van der Waals surface area contributed by atoms with Gasteiger partial charge in [0.05, 0.1) is 5.56 Å². The molecule has 0 saturated heterocycles. The van der Waals surface area contributed by atoms with Crippen molar-refractivity contribution in [3.05, 3.63) is 35.4 Å². The van der Waals surface area contributed by atoms with Crippen molar-refractivity contribution in [3.63, 3.8) is 0 Å². The van der Waals surface area contributed by atoms with Crippen molar-refractivity contribution in [2.75, 3.05) is 14.2 Å². The van der Waals surface area contributed by atoms with Gasteiger partial charge in [-0.25, -0.2) is 13.9 Å². The molecule has 7 heteroatoms. The number of ether oxygens (including phenoxy) is 1. The number of fused-ring (bicyclic) bond motifs is 1. The van der Waals surface area contributed by atoms with Gasteiger partial charge in [-0.1, -0.05) is 18.2 Å². The Labute approximate surface area is 98.1 Å². The van der Waals surface area contributed by atoms with E-state index >= 15 is 0 Å². The van der Waals surface area contributed by atoms with Crippen LogP contribution in [0.25, 0.3) is 0 Å². The predicted octanol–water partition coefficient (Wildman–Crippen LogP) is 2.27. The summed E-state index contributed by atoms with van der Waals surface area (Å²) in [5.41, 5.74) is 0.892. The fourth-order valence-electron chi connectivity index (χ4n) is 1.47. The van der Waals surface area contributed by atoms with Crippen molar-refractivity contribution < 1.29 is 27.7 Å². The Bertz CT molecular complexity index is 477. The van der Waals surface area contributed by atoms with E-state index in [-0.39, 0.29) is 0 Å². The quantitative estimate of drug-likeness (QED) is 0.609. The van der Waals surface area contributed by atoms with Crippen LogP contribution in [-0.4, -0.2) is 20.2 Å². The highest BCUT2D eigenvalue weighted by molar-refractivity contribution is 7.48. The molecule has 1 heterocycles. The molecule has 1 aliphatic heterocycles. The zero-order valence-corrected chi connectivity index (χ0v) is 10.2. The second-order valence-electron chi connectivity index (χ2n) is 3.24. The minimum Gasteiger partial charge on any atom is -0.427 e. The molecule has 1 unspecified atom stereocenters. The van der Waals surface area contributed by atoms with Crippen LogP contribution in [0.5, 0.6) is 0 Å². The molecule has 0 aromatic heterocycles. The van der Waals surface area contributed by atoms with Gasteiger partial charge >= 0.3 is 13.8 Å². The number of rotatable bonds is 4. The van der Waals surface area contributed by atoms with Crippen LogP contribution in [0.2, 0.25) is 0 Å². The molecule has 6 nitrogen and oxygen atoms in total. The number of cyclic esters (lactones) is 1. The molecule has 1 aliphatic rings. The summed E-state index contributed by atoms with van der Waals surface area (Å²) in [5.74, 6) is -0.524. The van der Waals surface area contributed by atoms with Gasteiger partial charge in [-0.3, -0.25) is 9.05 Å². The molecule has 0 aliphatic carbocycles. The number of benzene rings is 1. The first-order valence-electron chi connectivity index (χ1n) is 4.79. The van der Waals surface area contributed by atoms with Crippen LogP contribution in [0, 0.1) is 0 Å². The van der Waals surface area contributed by atoms with Crippen molar-refractivity contribution in [2.24, 2.45) is 0 Å². The van der Waals surface area contributed by atoms with Crippen molar-refractivity contribution in [1.82, 2.24) is 0 Å². The lowest BCUT2D eigenvalue weighted by molar-refractivity contribution is -0.0554. The normalized spacial score (nSPS) is 18.9. The number of phosphoric acid groups is 1. The molecule has 0 bridgehead atoms. The molecule has 0 amide bonds. The molecule has 0 N–H and O–H groups in total. The maximum atomic E-state index is 11.8. The van der Waals surface area contributed by atoms with E-state index in [1.165, 1.54) is 14.2 Å². The Morgan fingerprint density at radius 2 is 1.88 bits per heavy atom. The van der Waals surface area contributed by atoms with E-state index in [0.29, 0.717) is 11.1 Å². The molecular weight excluding hydrogens is 247 g/mol. The highest BCUT2D eigenvalue weighted by atomic mass is 31.2. The van der Waals surface area contributed by atoms with Crippen LogP contribution in [0.3, 0.4) is 0 Å². The maximum Gasteiger partial charge on any atom is 0.477 e. The second kappa shape index (κ2) is 4.58. The fraction of sp³-hybridized carbons (Fsp3) is 0.300. The lowest BCUT2D eigenvalue weighted by Crippen LogP contribution is -2.04. The Balaban J connectivity index is 2.26.